The fourth-order valence-corrected chi connectivity index (χ4v) is 3.89. The lowest BCUT2D eigenvalue weighted by Gasteiger charge is -2.51. The van der Waals surface area contributed by atoms with Crippen molar-refractivity contribution in [1.82, 2.24) is 0 Å². The minimum absolute atomic E-state index is 0.661. The summed E-state index contributed by atoms with van der Waals surface area (Å²) < 4.78 is 1.24. The number of halogens is 1. The summed E-state index contributed by atoms with van der Waals surface area (Å²) in [5.74, 6) is 0. The zero-order valence-corrected chi connectivity index (χ0v) is 12.8. The van der Waals surface area contributed by atoms with E-state index < -0.39 is 0 Å². The largest absolute Gasteiger partial charge is 0.370 e. The average Bonchev–Trinajstić information content (AvgIpc) is 2.56. The normalized spacial score (nSPS) is 22.7. The molecule has 1 saturated carbocycles. The van der Waals surface area contributed by atoms with E-state index in [1.807, 2.05) is 0 Å². The van der Waals surface area contributed by atoms with E-state index in [2.05, 4.69) is 46.0 Å². The number of benzene rings is 1. The molecule has 0 atom stereocenters. The zero-order valence-electron chi connectivity index (χ0n) is 11.2. The number of anilines is 1. The second kappa shape index (κ2) is 4.88. The Hall–Kier alpha value is -0.500. The maximum absolute atomic E-state index is 3.64. The molecule has 1 spiro atoms. The van der Waals surface area contributed by atoms with Gasteiger partial charge in [-0.2, -0.15) is 0 Å². The van der Waals surface area contributed by atoms with Crippen LogP contribution < -0.4 is 4.90 Å². The van der Waals surface area contributed by atoms with Crippen LogP contribution >= 0.6 is 15.9 Å². The molecule has 0 unspecified atom stereocenters. The minimum Gasteiger partial charge on any atom is -0.370 e. The summed E-state index contributed by atoms with van der Waals surface area (Å²) in [4.78, 5) is 2.55. The molecule has 0 radical (unpaired) electrons. The molecule has 1 heterocycles. The molecule has 1 aliphatic carbocycles. The lowest BCUT2D eigenvalue weighted by molar-refractivity contribution is 0.180. The van der Waals surface area contributed by atoms with Crippen LogP contribution in [0.3, 0.4) is 0 Å². The first-order valence-corrected chi connectivity index (χ1v) is 7.99. The maximum atomic E-state index is 3.64. The number of hydrogen-bond acceptors (Lipinski definition) is 1. The van der Waals surface area contributed by atoms with Gasteiger partial charge in [-0.05, 0) is 37.5 Å². The van der Waals surface area contributed by atoms with Crippen molar-refractivity contribution in [3.8, 4) is 0 Å². The Morgan fingerprint density at radius 1 is 1.06 bits per heavy atom. The molecule has 1 nitrogen and oxygen atoms in total. The molecular formula is C16H22BrN. The molecule has 3 rings (SSSR count). The van der Waals surface area contributed by atoms with Gasteiger partial charge in [-0.25, -0.2) is 0 Å². The number of aryl methyl sites for hydroxylation is 1. The van der Waals surface area contributed by atoms with Gasteiger partial charge in [0.2, 0.25) is 0 Å². The number of rotatable bonds is 1. The Morgan fingerprint density at radius 3 is 2.33 bits per heavy atom. The second-order valence-electron chi connectivity index (χ2n) is 6.20. The van der Waals surface area contributed by atoms with Gasteiger partial charge in [0.15, 0.2) is 0 Å². The third-order valence-electron chi connectivity index (χ3n) is 4.74. The van der Waals surface area contributed by atoms with Gasteiger partial charge in [-0.15, -0.1) is 0 Å². The molecule has 98 valence electrons. The molecule has 0 bridgehead atoms. The first kappa shape index (κ1) is 12.5. The van der Waals surface area contributed by atoms with Crippen molar-refractivity contribution in [2.24, 2.45) is 5.41 Å². The average molecular weight is 308 g/mol. The second-order valence-corrected chi connectivity index (χ2v) is 7.06. The van der Waals surface area contributed by atoms with Crippen LogP contribution in [0.4, 0.5) is 5.69 Å². The van der Waals surface area contributed by atoms with Gasteiger partial charge in [-0.3, -0.25) is 0 Å². The fourth-order valence-electron chi connectivity index (χ4n) is 3.52. The van der Waals surface area contributed by atoms with E-state index in [1.54, 1.807) is 0 Å². The maximum Gasteiger partial charge on any atom is 0.0378 e. The predicted molar refractivity (Wildman–Crippen MR) is 81.2 cm³/mol. The van der Waals surface area contributed by atoms with Gasteiger partial charge in [0.1, 0.15) is 0 Å². The van der Waals surface area contributed by atoms with Gasteiger partial charge in [0.05, 0.1) is 0 Å². The topological polar surface area (TPSA) is 3.24 Å². The third-order valence-corrected chi connectivity index (χ3v) is 5.59. The zero-order chi connectivity index (χ0) is 12.6. The molecule has 0 amide bonds. The monoisotopic (exact) mass is 307 g/mol. The van der Waals surface area contributed by atoms with Crippen molar-refractivity contribution >= 4 is 21.6 Å². The fraction of sp³-hybridized carbons (Fsp3) is 0.625. The van der Waals surface area contributed by atoms with Crippen LogP contribution in [0.2, 0.25) is 0 Å². The van der Waals surface area contributed by atoms with Crippen LogP contribution in [0.1, 0.15) is 44.1 Å². The van der Waals surface area contributed by atoms with Gasteiger partial charge >= 0.3 is 0 Å². The highest BCUT2D eigenvalue weighted by Crippen LogP contribution is 2.44. The Labute approximate surface area is 119 Å². The Balaban J connectivity index is 1.68. The third kappa shape index (κ3) is 2.32. The highest BCUT2D eigenvalue weighted by molar-refractivity contribution is 9.10. The quantitative estimate of drug-likeness (QED) is 0.712. The standard InChI is InChI=1S/C16H22BrN/c1-13-6-7-14(10-15(13)17)18-11-16(12-18)8-4-2-3-5-9-16/h6-7,10H,2-5,8-9,11-12H2,1H3. The van der Waals surface area contributed by atoms with Crippen LogP contribution in [-0.4, -0.2) is 13.1 Å². The summed E-state index contributed by atoms with van der Waals surface area (Å²) in [6, 6.07) is 6.76. The van der Waals surface area contributed by atoms with E-state index >= 15 is 0 Å². The van der Waals surface area contributed by atoms with Crippen LogP contribution in [0.5, 0.6) is 0 Å². The first-order chi connectivity index (χ1) is 8.69. The molecule has 2 heteroatoms. The molecule has 1 saturated heterocycles. The van der Waals surface area contributed by atoms with E-state index in [-0.39, 0.29) is 0 Å². The highest BCUT2D eigenvalue weighted by atomic mass is 79.9. The summed E-state index contributed by atoms with van der Waals surface area (Å²) in [5, 5.41) is 0. The van der Waals surface area contributed by atoms with Gasteiger partial charge in [-0.1, -0.05) is 47.7 Å². The summed E-state index contributed by atoms with van der Waals surface area (Å²) in [6.45, 7) is 4.71. The van der Waals surface area contributed by atoms with E-state index in [0.29, 0.717) is 5.41 Å². The Morgan fingerprint density at radius 2 is 1.72 bits per heavy atom. The minimum atomic E-state index is 0.661. The predicted octanol–water partition coefficient (Wildman–Crippen LogP) is 4.92. The molecule has 1 aromatic carbocycles. The van der Waals surface area contributed by atoms with Crippen LogP contribution in [0.25, 0.3) is 0 Å². The molecule has 1 aromatic rings. The molecule has 1 aliphatic heterocycles. The van der Waals surface area contributed by atoms with Crippen LogP contribution in [0.15, 0.2) is 22.7 Å². The molecule has 0 aromatic heterocycles. The van der Waals surface area contributed by atoms with E-state index in [9.17, 15) is 0 Å². The lowest BCUT2D eigenvalue weighted by atomic mass is 9.73. The van der Waals surface area contributed by atoms with Crippen molar-refractivity contribution < 1.29 is 0 Å². The van der Waals surface area contributed by atoms with Gasteiger partial charge in [0.25, 0.3) is 0 Å². The van der Waals surface area contributed by atoms with Crippen LogP contribution in [0, 0.1) is 12.3 Å². The van der Waals surface area contributed by atoms with E-state index in [4.69, 9.17) is 0 Å². The van der Waals surface area contributed by atoms with Gasteiger partial charge < -0.3 is 4.90 Å². The first-order valence-electron chi connectivity index (χ1n) is 7.20. The van der Waals surface area contributed by atoms with Crippen molar-refractivity contribution in [2.75, 3.05) is 18.0 Å². The summed E-state index contributed by atoms with van der Waals surface area (Å²) in [6.07, 6.45) is 8.72. The van der Waals surface area contributed by atoms with Gasteiger partial charge in [0, 0.05) is 28.7 Å². The smallest absolute Gasteiger partial charge is 0.0378 e. The van der Waals surface area contributed by atoms with Crippen LogP contribution in [-0.2, 0) is 0 Å². The number of nitrogens with zero attached hydrogens (tertiary/aromatic N) is 1. The molecule has 2 aliphatic rings. The number of hydrogen-bond donors (Lipinski definition) is 0. The lowest BCUT2D eigenvalue weighted by Crippen LogP contribution is -2.56. The molecule has 2 fully saturated rings. The van der Waals surface area contributed by atoms with E-state index in [1.165, 1.54) is 67.3 Å². The summed E-state index contributed by atoms with van der Waals surface area (Å²) in [5.41, 5.74) is 3.37. The SMILES string of the molecule is Cc1ccc(N2CC3(CCCCCC3)C2)cc1Br. The van der Waals surface area contributed by atoms with Crippen molar-refractivity contribution in [3.63, 3.8) is 0 Å². The Bertz CT molecular complexity index is 425. The summed E-state index contributed by atoms with van der Waals surface area (Å²) >= 11 is 3.64. The van der Waals surface area contributed by atoms with E-state index in [0.717, 1.165) is 0 Å². The van der Waals surface area contributed by atoms with Crippen molar-refractivity contribution in [1.29, 1.82) is 0 Å². The molecule has 0 N–H and O–H groups in total. The van der Waals surface area contributed by atoms with Crippen molar-refractivity contribution in [3.05, 3.63) is 28.2 Å². The Kier molecular flexibility index (Phi) is 3.40. The highest BCUT2D eigenvalue weighted by Gasteiger charge is 2.42. The molecular weight excluding hydrogens is 286 g/mol. The van der Waals surface area contributed by atoms with Crippen molar-refractivity contribution in [2.45, 2.75) is 45.4 Å². The summed E-state index contributed by atoms with van der Waals surface area (Å²) in [7, 11) is 0. The molecule has 18 heavy (non-hydrogen) atoms.